The first-order valence-electron chi connectivity index (χ1n) is 5.04. The third-order valence-electron chi connectivity index (χ3n) is 2.54. The quantitative estimate of drug-likeness (QED) is 0.713. The Morgan fingerprint density at radius 3 is 3.07 bits per heavy atom. The third kappa shape index (κ3) is 2.53. The highest BCUT2D eigenvalue weighted by molar-refractivity contribution is 5.76. The Labute approximate surface area is 87.5 Å². The molecule has 2 heterocycles. The van der Waals surface area contributed by atoms with Gasteiger partial charge in [0.1, 0.15) is 12.7 Å². The highest BCUT2D eigenvalue weighted by Crippen LogP contribution is 2.10. The first kappa shape index (κ1) is 10.1. The second-order valence-corrected chi connectivity index (χ2v) is 3.69. The summed E-state index contributed by atoms with van der Waals surface area (Å²) in [6, 6.07) is 0. The van der Waals surface area contributed by atoms with Crippen LogP contribution in [0.1, 0.15) is 12.8 Å². The maximum absolute atomic E-state index is 11.6. The van der Waals surface area contributed by atoms with Gasteiger partial charge in [-0.25, -0.2) is 4.98 Å². The number of amides is 1. The van der Waals surface area contributed by atoms with Crippen molar-refractivity contribution in [1.82, 2.24) is 19.7 Å². The molecule has 0 radical (unpaired) electrons. The molecule has 1 saturated heterocycles. The van der Waals surface area contributed by atoms with Crippen molar-refractivity contribution in [2.75, 3.05) is 13.1 Å². The van der Waals surface area contributed by atoms with Crippen molar-refractivity contribution in [3.05, 3.63) is 12.7 Å². The molecule has 0 spiro atoms. The van der Waals surface area contributed by atoms with Crippen LogP contribution in [0, 0.1) is 0 Å². The van der Waals surface area contributed by atoms with Crippen LogP contribution in [-0.4, -0.2) is 49.9 Å². The van der Waals surface area contributed by atoms with Crippen molar-refractivity contribution in [1.29, 1.82) is 0 Å². The summed E-state index contributed by atoms with van der Waals surface area (Å²) in [5, 5.41) is 13.2. The molecule has 0 saturated carbocycles. The Balaban J connectivity index is 1.78. The molecule has 0 aromatic carbocycles. The molecule has 6 nitrogen and oxygen atoms in total. The molecule has 1 aromatic rings. The number of aromatic nitrogens is 3. The number of rotatable bonds is 3. The molecular formula is C9H14N4O2. The average molecular weight is 210 g/mol. The fraction of sp³-hybridized carbons (Fsp3) is 0.667. The van der Waals surface area contributed by atoms with E-state index in [4.69, 9.17) is 0 Å². The van der Waals surface area contributed by atoms with Crippen LogP contribution in [0.2, 0.25) is 0 Å². The molecular weight excluding hydrogens is 196 g/mol. The van der Waals surface area contributed by atoms with Gasteiger partial charge in [-0.15, -0.1) is 0 Å². The fourth-order valence-corrected chi connectivity index (χ4v) is 1.68. The minimum atomic E-state index is -0.347. The van der Waals surface area contributed by atoms with E-state index >= 15 is 0 Å². The van der Waals surface area contributed by atoms with Crippen LogP contribution < -0.4 is 0 Å². The zero-order chi connectivity index (χ0) is 10.7. The van der Waals surface area contributed by atoms with E-state index < -0.39 is 0 Å². The van der Waals surface area contributed by atoms with E-state index in [1.807, 2.05) is 0 Å². The van der Waals surface area contributed by atoms with Crippen molar-refractivity contribution >= 4 is 5.91 Å². The number of carbonyl (C=O) groups is 1. The molecule has 1 aliphatic heterocycles. The largest absolute Gasteiger partial charge is 0.391 e. The predicted octanol–water partition coefficient (Wildman–Crippen LogP) is -0.739. The van der Waals surface area contributed by atoms with Crippen LogP contribution in [0.25, 0.3) is 0 Å². The molecule has 15 heavy (non-hydrogen) atoms. The lowest BCUT2D eigenvalue weighted by Gasteiger charge is -2.14. The minimum absolute atomic E-state index is 0.0713. The number of carbonyl (C=O) groups excluding carboxylic acids is 1. The molecule has 1 N–H and O–H groups in total. The molecule has 1 aromatic heterocycles. The minimum Gasteiger partial charge on any atom is -0.391 e. The van der Waals surface area contributed by atoms with E-state index in [9.17, 15) is 9.90 Å². The van der Waals surface area contributed by atoms with Crippen LogP contribution in [-0.2, 0) is 11.3 Å². The van der Waals surface area contributed by atoms with Gasteiger partial charge in [0, 0.05) is 19.5 Å². The first-order valence-corrected chi connectivity index (χ1v) is 5.04. The Morgan fingerprint density at radius 1 is 1.60 bits per heavy atom. The van der Waals surface area contributed by atoms with E-state index in [0.29, 0.717) is 32.5 Å². The van der Waals surface area contributed by atoms with Gasteiger partial charge in [-0.1, -0.05) is 0 Å². The van der Waals surface area contributed by atoms with Crippen molar-refractivity contribution in [3.8, 4) is 0 Å². The third-order valence-corrected chi connectivity index (χ3v) is 2.54. The number of aliphatic hydroxyl groups is 1. The summed E-state index contributed by atoms with van der Waals surface area (Å²) < 4.78 is 1.63. The summed E-state index contributed by atoms with van der Waals surface area (Å²) in [6.45, 7) is 1.68. The molecule has 1 fully saturated rings. The average Bonchev–Trinajstić information content (AvgIpc) is 2.84. The molecule has 0 bridgehead atoms. The summed E-state index contributed by atoms with van der Waals surface area (Å²) >= 11 is 0. The number of aryl methyl sites for hydroxylation is 1. The Hall–Kier alpha value is -1.43. The maximum Gasteiger partial charge on any atom is 0.224 e. The van der Waals surface area contributed by atoms with Crippen molar-refractivity contribution in [2.24, 2.45) is 0 Å². The maximum atomic E-state index is 11.6. The molecule has 1 atom stereocenters. The number of β-amino-alcohol motifs (C(OH)–C–C–N with tert-alkyl or cyclic N) is 1. The van der Waals surface area contributed by atoms with Gasteiger partial charge in [-0.3, -0.25) is 9.48 Å². The van der Waals surface area contributed by atoms with Crippen LogP contribution >= 0.6 is 0 Å². The number of likely N-dealkylation sites (tertiary alicyclic amines) is 1. The Morgan fingerprint density at radius 2 is 2.47 bits per heavy atom. The van der Waals surface area contributed by atoms with Crippen LogP contribution in [0.15, 0.2) is 12.7 Å². The molecule has 1 amide bonds. The van der Waals surface area contributed by atoms with E-state index in [1.54, 1.807) is 15.9 Å². The summed E-state index contributed by atoms with van der Waals surface area (Å²) in [5.41, 5.74) is 0. The predicted molar refractivity (Wildman–Crippen MR) is 51.8 cm³/mol. The monoisotopic (exact) mass is 210 g/mol. The van der Waals surface area contributed by atoms with Crippen molar-refractivity contribution < 1.29 is 9.90 Å². The summed E-state index contributed by atoms with van der Waals surface area (Å²) in [6.07, 6.45) is 3.79. The molecule has 82 valence electrons. The highest BCUT2D eigenvalue weighted by Gasteiger charge is 2.23. The topological polar surface area (TPSA) is 71.2 Å². The summed E-state index contributed by atoms with van der Waals surface area (Å²) in [7, 11) is 0. The zero-order valence-corrected chi connectivity index (χ0v) is 8.41. The molecule has 2 rings (SSSR count). The SMILES string of the molecule is O=C(CCn1cncn1)N1CC[C@@H](O)C1. The van der Waals surface area contributed by atoms with Gasteiger partial charge in [0.25, 0.3) is 0 Å². The first-order chi connectivity index (χ1) is 7.25. The summed E-state index contributed by atoms with van der Waals surface area (Å²) in [5.74, 6) is 0.0713. The van der Waals surface area contributed by atoms with E-state index in [2.05, 4.69) is 10.1 Å². The standard InChI is InChI=1S/C9H14N4O2/c14-8-1-3-12(5-8)9(15)2-4-13-7-10-6-11-13/h6-8,14H,1-5H2/t8-/m1/s1. The molecule has 1 aliphatic rings. The lowest BCUT2D eigenvalue weighted by molar-refractivity contribution is -0.130. The van der Waals surface area contributed by atoms with Crippen LogP contribution in [0.3, 0.4) is 0 Å². The van der Waals surface area contributed by atoms with Gasteiger partial charge in [0.2, 0.25) is 5.91 Å². The van der Waals surface area contributed by atoms with Gasteiger partial charge in [-0.05, 0) is 6.42 Å². The van der Waals surface area contributed by atoms with Gasteiger partial charge in [0.05, 0.1) is 12.6 Å². The fourth-order valence-electron chi connectivity index (χ4n) is 1.68. The van der Waals surface area contributed by atoms with Gasteiger partial charge in [0.15, 0.2) is 0 Å². The second kappa shape index (κ2) is 4.39. The summed E-state index contributed by atoms with van der Waals surface area (Å²) in [4.78, 5) is 17.1. The number of nitrogens with zero attached hydrogens (tertiary/aromatic N) is 4. The highest BCUT2D eigenvalue weighted by atomic mass is 16.3. The lowest BCUT2D eigenvalue weighted by atomic mass is 10.3. The molecule has 0 unspecified atom stereocenters. The van der Waals surface area contributed by atoms with E-state index in [1.165, 1.54) is 6.33 Å². The van der Waals surface area contributed by atoms with E-state index in [0.717, 1.165) is 0 Å². The Bertz CT molecular complexity index is 325. The number of hydrogen-bond donors (Lipinski definition) is 1. The zero-order valence-electron chi connectivity index (χ0n) is 8.41. The van der Waals surface area contributed by atoms with Crippen molar-refractivity contribution in [2.45, 2.75) is 25.5 Å². The van der Waals surface area contributed by atoms with Crippen LogP contribution in [0.5, 0.6) is 0 Å². The van der Waals surface area contributed by atoms with Gasteiger partial charge >= 0.3 is 0 Å². The Kier molecular flexibility index (Phi) is 2.96. The second-order valence-electron chi connectivity index (χ2n) is 3.69. The normalized spacial score (nSPS) is 20.9. The number of aliphatic hydroxyl groups excluding tert-OH is 1. The van der Waals surface area contributed by atoms with Gasteiger partial charge in [-0.2, -0.15) is 5.10 Å². The smallest absolute Gasteiger partial charge is 0.224 e. The van der Waals surface area contributed by atoms with E-state index in [-0.39, 0.29) is 12.0 Å². The van der Waals surface area contributed by atoms with Crippen molar-refractivity contribution in [3.63, 3.8) is 0 Å². The molecule has 6 heteroatoms. The van der Waals surface area contributed by atoms with Crippen LogP contribution in [0.4, 0.5) is 0 Å². The lowest BCUT2D eigenvalue weighted by Crippen LogP contribution is -2.30. The molecule has 0 aliphatic carbocycles. The van der Waals surface area contributed by atoms with Gasteiger partial charge < -0.3 is 10.0 Å². The number of hydrogen-bond acceptors (Lipinski definition) is 4.